The van der Waals surface area contributed by atoms with Gasteiger partial charge in [0.05, 0.1) is 0 Å². The minimum absolute atomic E-state index is 0.0446. The summed E-state index contributed by atoms with van der Waals surface area (Å²) >= 11 is 0. The van der Waals surface area contributed by atoms with Crippen molar-refractivity contribution in [2.45, 2.75) is 32.4 Å². The maximum Gasteiger partial charge on any atom is 0.258 e. The molecular formula is C21H26N2O2. The van der Waals surface area contributed by atoms with Crippen LogP contribution in [0.5, 0.6) is 5.75 Å². The zero-order valence-corrected chi connectivity index (χ0v) is 15.0. The second-order valence-electron chi connectivity index (χ2n) is 7.13. The van der Waals surface area contributed by atoms with Gasteiger partial charge in [0.15, 0.2) is 6.61 Å². The summed E-state index contributed by atoms with van der Waals surface area (Å²) in [5.41, 5.74) is 2.73. The van der Waals surface area contributed by atoms with Gasteiger partial charge in [-0.1, -0.05) is 42.5 Å². The molecule has 3 rings (SSSR count). The molecule has 0 radical (unpaired) electrons. The lowest BCUT2D eigenvalue weighted by molar-refractivity contribution is -0.123. The van der Waals surface area contributed by atoms with Gasteiger partial charge in [-0.2, -0.15) is 0 Å². The van der Waals surface area contributed by atoms with E-state index < -0.39 is 0 Å². The molecule has 1 aliphatic rings. The quantitative estimate of drug-likeness (QED) is 0.880. The van der Waals surface area contributed by atoms with E-state index in [9.17, 15) is 4.79 Å². The smallest absolute Gasteiger partial charge is 0.258 e. The van der Waals surface area contributed by atoms with Gasteiger partial charge in [0.25, 0.3) is 5.91 Å². The van der Waals surface area contributed by atoms with Gasteiger partial charge in [-0.15, -0.1) is 0 Å². The van der Waals surface area contributed by atoms with Crippen molar-refractivity contribution in [1.29, 1.82) is 0 Å². The Morgan fingerprint density at radius 3 is 2.52 bits per heavy atom. The number of ether oxygens (including phenoxy) is 1. The van der Waals surface area contributed by atoms with Crippen molar-refractivity contribution < 1.29 is 9.53 Å². The van der Waals surface area contributed by atoms with Crippen molar-refractivity contribution in [2.75, 3.05) is 19.7 Å². The second-order valence-corrected chi connectivity index (χ2v) is 7.13. The average Bonchev–Trinajstić information content (AvgIpc) is 2.65. The SMILES string of the molecule is CC(C)(CNC(=O)COc1ccccc1)N1CCc2ccccc2C1. The summed E-state index contributed by atoms with van der Waals surface area (Å²) in [6.07, 6.45) is 1.06. The van der Waals surface area contributed by atoms with Crippen molar-refractivity contribution in [3.63, 3.8) is 0 Å². The van der Waals surface area contributed by atoms with E-state index in [0.29, 0.717) is 12.3 Å². The number of nitrogens with one attached hydrogen (secondary N) is 1. The van der Waals surface area contributed by atoms with Crippen LogP contribution in [0.15, 0.2) is 54.6 Å². The van der Waals surface area contributed by atoms with Gasteiger partial charge in [0.2, 0.25) is 0 Å². The molecule has 0 saturated carbocycles. The van der Waals surface area contributed by atoms with Crippen LogP contribution >= 0.6 is 0 Å². The number of benzene rings is 2. The lowest BCUT2D eigenvalue weighted by Crippen LogP contribution is -2.53. The number of rotatable bonds is 6. The predicted molar refractivity (Wildman–Crippen MR) is 99.6 cm³/mol. The first-order chi connectivity index (χ1) is 12.0. The largest absolute Gasteiger partial charge is 0.484 e. The Morgan fingerprint density at radius 1 is 1.08 bits per heavy atom. The Balaban J connectivity index is 1.49. The molecule has 0 unspecified atom stereocenters. The maximum atomic E-state index is 12.1. The zero-order valence-electron chi connectivity index (χ0n) is 15.0. The second kappa shape index (κ2) is 7.70. The summed E-state index contributed by atoms with van der Waals surface area (Å²) in [4.78, 5) is 14.5. The normalized spacial score (nSPS) is 14.6. The fourth-order valence-corrected chi connectivity index (χ4v) is 3.16. The molecule has 0 atom stereocenters. The Morgan fingerprint density at radius 2 is 1.76 bits per heavy atom. The van der Waals surface area contributed by atoms with E-state index in [2.05, 4.69) is 48.3 Å². The third-order valence-corrected chi connectivity index (χ3v) is 4.82. The molecule has 4 heteroatoms. The van der Waals surface area contributed by atoms with E-state index in [1.165, 1.54) is 11.1 Å². The number of carbonyl (C=O) groups is 1. The fraction of sp³-hybridized carbons (Fsp3) is 0.381. The molecule has 4 nitrogen and oxygen atoms in total. The van der Waals surface area contributed by atoms with Crippen molar-refractivity contribution in [3.05, 3.63) is 65.7 Å². The van der Waals surface area contributed by atoms with E-state index in [1.54, 1.807) is 0 Å². The maximum absolute atomic E-state index is 12.1. The molecule has 0 aliphatic carbocycles. The first kappa shape index (κ1) is 17.5. The molecule has 1 N–H and O–H groups in total. The highest BCUT2D eigenvalue weighted by Crippen LogP contribution is 2.24. The van der Waals surface area contributed by atoms with Crippen LogP contribution < -0.4 is 10.1 Å². The molecule has 0 spiro atoms. The summed E-state index contributed by atoms with van der Waals surface area (Å²) in [6.45, 7) is 6.95. The van der Waals surface area contributed by atoms with Crippen LogP contribution in [0.1, 0.15) is 25.0 Å². The molecule has 0 fully saturated rings. The van der Waals surface area contributed by atoms with Gasteiger partial charge in [0, 0.05) is 25.2 Å². The molecule has 2 aromatic carbocycles. The Kier molecular flexibility index (Phi) is 5.39. The highest BCUT2D eigenvalue weighted by molar-refractivity contribution is 5.77. The fourth-order valence-electron chi connectivity index (χ4n) is 3.16. The topological polar surface area (TPSA) is 41.6 Å². The summed E-state index contributed by atoms with van der Waals surface area (Å²) in [5.74, 6) is 0.624. The molecule has 2 aromatic rings. The standard InChI is InChI=1S/C21H26N2O2/c1-21(2,23-13-12-17-8-6-7-9-18(17)14-23)16-22-20(24)15-25-19-10-4-3-5-11-19/h3-11H,12-16H2,1-2H3,(H,22,24). The van der Waals surface area contributed by atoms with Crippen LogP contribution in [0, 0.1) is 0 Å². The van der Waals surface area contributed by atoms with E-state index in [-0.39, 0.29) is 18.1 Å². The minimum Gasteiger partial charge on any atom is -0.484 e. The predicted octanol–water partition coefficient (Wildman–Crippen LogP) is 3.02. The summed E-state index contributed by atoms with van der Waals surface area (Å²) in [6, 6.07) is 18.0. The monoisotopic (exact) mass is 338 g/mol. The third-order valence-electron chi connectivity index (χ3n) is 4.82. The van der Waals surface area contributed by atoms with Gasteiger partial charge < -0.3 is 10.1 Å². The van der Waals surface area contributed by atoms with Gasteiger partial charge in [-0.3, -0.25) is 9.69 Å². The van der Waals surface area contributed by atoms with Crippen LogP contribution in [-0.2, 0) is 17.8 Å². The van der Waals surface area contributed by atoms with Crippen molar-refractivity contribution in [3.8, 4) is 5.75 Å². The van der Waals surface area contributed by atoms with Gasteiger partial charge in [0.1, 0.15) is 5.75 Å². The minimum atomic E-state index is -0.101. The number of hydrogen-bond acceptors (Lipinski definition) is 3. The van der Waals surface area contributed by atoms with Gasteiger partial charge >= 0.3 is 0 Å². The summed E-state index contributed by atoms with van der Waals surface area (Å²) in [7, 11) is 0. The van der Waals surface area contributed by atoms with E-state index in [0.717, 1.165) is 19.5 Å². The first-order valence-electron chi connectivity index (χ1n) is 8.81. The first-order valence-corrected chi connectivity index (χ1v) is 8.81. The highest BCUT2D eigenvalue weighted by Gasteiger charge is 2.30. The molecule has 0 aromatic heterocycles. The van der Waals surface area contributed by atoms with Crippen LogP contribution in [-0.4, -0.2) is 36.0 Å². The number of carbonyl (C=O) groups excluding carboxylic acids is 1. The van der Waals surface area contributed by atoms with E-state index in [1.807, 2.05) is 30.3 Å². The Hall–Kier alpha value is -2.33. The van der Waals surface area contributed by atoms with Crippen molar-refractivity contribution >= 4 is 5.91 Å². The van der Waals surface area contributed by atoms with Gasteiger partial charge in [-0.05, 0) is 43.5 Å². The number of hydrogen-bond donors (Lipinski definition) is 1. The summed E-state index contributed by atoms with van der Waals surface area (Å²) in [5, 5.41) is 3.01. The third kappa shape index (κ3) is 4.60. The molecule has 1 amide bonds. The number of amides is 1. The molecule has 25 heavy (non-hydrogen) atoms. The molecule has 1 heterocycles. The lowest BCUT2D eigenvalue weighted by Gasteiger charge is -2.41. The number of fused-ring (bicyclic) bond motifs is 1. The van der Waals surface area contributed by atoms with Crippen molar-refractivity contribution in [1.82, 2.24) is 10.2 Å². The van der Waals surface area contributed by atoms with Crippen LogP contribution in [0.4, 0.5) is 0 Å². The van der Waals surface area contributed by atoms with Crippen LogP contribution in [0.25, 0.3) is 0 Å². The average molecular weight is 338 g/mol. The lowest BCUT2D eigenvalue weighted by atomic mass is 9.94. The molecule has 132 valence electrons. The van der Waals surface area contributed by atoms with Crippen LogP contribution in [0.2, 0.25) is 0 Å². The Labute approximate surface area is 149 Å². The van der Waals surface area contributed by atoms with Gasteiger partial charge in [-0.25, -0.2) is 0 Å². The molecule has 0 bridgehead atoms. The Bertz CT molecular complexity index is 713. The number of para-hydroxylation sites is 1. The van der Waals surface area contributed by atoms with E-state index in [4.69, 9.17) is 4.74 Å². The zero-order chi connectivity index (χ0) is 17.7. The molecule has 0 saturated heterocycles. The van der Waals surface area contributed by atoms with E-state index >= 15 is 0 Å². The summed E-state index contributed by atoms with van der Waals surface area (Å²) < 4.78 is 5.50. The van der Waals surface area contributed by atoms with Crippen LogP contribution in [0.3, 0.4) is 0 Å². The molecule has 1 aliphatic heterocycles. The molecular weight excluding hydrogens is 312 g/mol. The number of nitrogens with zero attached hydrogens (tertiary/aromatic N) is 1. The highest BCUT2D eigenvalue weighted by atomic mass is 16.5. The van der Waals surface area contributed by atoms with Crippen molar-refractivity contribution in [2.24, 2.45) is 0 Å².